The van der Waals surface area contributed by atoms with Crippen LogP contribution in [0.15, 0.2) is 30.3 Å². The molecule has 13 heavy (non-hydrogen) atoms. The molecule has 0 unspecified atom stereocenters. The van der Waals surface area contributed by atoms with E-state index in [2.05, 4.69) is 0 Å². The van der Waals surface area contributed by atoms with Crippen molar-refractivity contribution in [1.29, 1.82) is 0 Å². The Kier molecular flexibility index (Phi) is 4.50. The Morgan fingerprint density at radius 3 is 2.46 bits per heavy atom. The van der Waals surface area contributed by atoms with Crippen LogP contribution in [0.25, 0.3) is 0 Å². The summed E-state index contributed by atoms with van der Waals surface area (Å²) in [6.07, 6.45) is -0.120. The van der Waals surface area contributed by atoms with E-state index < -0.39 is 0 Å². The van der Waals surface area contributed by atoms with Gasteiger partial charge < -0.3 is 9.47 Å². The van der Waals surface area contributed by atoms with Crippen molar-refractivity contribution in [2.45, 2.75) is 26.7 Å². The van der Waals surface area contributed by atoms with Gasteiger partial charge in [0, 0.05) is 6.61 Å². The van der Waals surface area contributed by atoms with Gasteiger partial charge in [0.25, 0.3) is 0 Å². The summed E-state index contributed by atoms with van der Waals surface area (Å²) in [7, 11) is 0. The first-order chi connectivity index (χ1) is 6.33. The Morgan fingerprint density at radius 1 is 1.15 bits per heavy atom. The molecule has 1 aromatic rings. The average molecular weight is 180 g/mol. The summed E-state index contributed by atoms with van der Waals surface area (Å²) in [5.74, 6) is 0. The lowest BCUT2D eigenvalue weighted by molar-refractivity contribution is -0.134. The van der Waals surface area contributed by atoms with Gasteiger partial charge in [0.15, 0.2) is 6.29 Å². The lowest BCUT2D eigenvalue weighted by Crippen LogP contribution is -2.12. The fourth-order valence-corrected chi connectivity index (χ4v) is 1.07. The molecular formula is C11H16O2. The maximum atomic E-state index is 5.45. The molecule has 0 fully saturated rings. The molecule has 0 N–H and O–H groups in total. The summed E-state index contributed by atoms with van der Waals surface area (Å²) in [5.41, 5.74) is 1.18. The molecule has 0 bridgehead atoms. The zero-order chi connectivity index (χ0) is 9.52. The second-order valence-electron chi connectivity index (χ2n) is 2.82. The van der Waals surface area contributed by atoms with Gasteiger partial charge in [0.2, 0.25) is 0 Å². The molecule has 0 aliphatic heterocycles. The Hall–Kier alpha value is -0.860. The van der Waals surface area contributed by atoms with Crippen LogP contribution in [-0.4, -0.2) is 12.9 Å². The van der Waals surface area contributed by atoms with Gasteiger partial charge in [0.1, 0.15) is 0 Å². The summed E-state index contributed by atoms with van der Waals surface area (Å²) in [4.78, 5) is 0. The van der Waals surface area contributed by atoms with Gasteiger partial charge >= 0.3 is 0 Å². The van der Waals surface area contributed by atoms with Crippen LogP contribution in [0.5, 0.6) is 0 Å². The molecule has 0 spiro atoms. The Labute approximate surface area is 79.5 Å². The lowest BCUT2D eigenvalue weighted by atomic mass is 10.2. The van der Waals surface area contributed by atoms with Crippen molar-refractivity contribution in [2.24, 2.45) is 0 Å². The van der Waals surface area contributed by atoms with Crippen molar-refractivity contribution in [3.63, 3.8) is 0 Å². The third-order valence-electron chi connectivity index (χ3n) is 1.73. The molecule has 0 saturated carbocycles. The fraction of sp³-hybridized carbons (Fsp3) is 0.455. The summed E-state index contributed by atoms with van der Waals surface area (Å²) in [6, 6.07) is 10.1. The molecule has 1 rings (SSSR count). The molecule has 0 aliphatic rings. The van der Waals surface area contributed by atoms with Crippen molar-refractivity contribution >= 4 is 0 Å². The molecule has 0 amide bonds. The van der Waals surface area contributed by atoms with E-state index in [1.807, 2.05) is 44.2 Å². The van der Waals surface area contributed by atoms with Crippen molar-refractivity contribution in [2.75, 3.05) is 6.61 Å². The highest BCUT2D eigenvalue weighted by Gasteiger charge is 1.99. The largest absolute Gasteiger partial charge is 0.353 e. The fourth-order valence-electron chi connectivity index (χ4n) is 1.07. The molecule has 72 valence electrons. The van der Waals surface area contributed by atoms with E-state index in [1.165, 1.54) is 5.56 Å². The minimum absolute atomic E-state index is 0.120. The Morgan fingerprint density at radius 2 is 1.85 bits per heavy atom. The highest BCUT2D eigenvalue weighted by Crippen LogP contribution is 2.03. The number of hydrogen-bond acceptors (Lipinski definition) is 2. The molecular weight excluding hydrogens is 164 g/mol. The standard InChI is InChI=1S/C11H16O2/c1-3-12-10(2)13-9-11-7-5-4-6-8-11/h4-8,10H,3,9H2,1-2H3/t10-/m0/s1. The maximum Gasteiger partial charge on any atom is 0.155 e. The van der Waals surface area contributed by atoms with E-state index in [0.29, 0.717) is 13.2 Å². The minimum atomic E-state index is -0.120. The van der Waals surface area contributed by atoms with Crippen LogP contribution < -0.4 is 0 Å². The molecule has 1 aromatic carbocycles. The molecule has 0 radical (unpaired) electrons. The first-order valence-corrected chi connectivity index (χ1v) is 4.60. The quantitative estimate of drug-likeness (QED) is 0.648. The van der Waals surface area contributed by atoms with Gasteiger partial charge in [-0.15, -0.1) is 0 Å². The van der Waals surface area contributed by atoms with E-state index >= 15 is 0 Å². The van der Waals surface area contributed by atoms with Crippen LogP contribution in [0.2, 0.25) is 0 Å². The highest BCUT2D eigenvalue weighted by molar-refractivity contribution is 5.13. The summed E-state index contributed by atoms with van der Waals surface area (Å²) < 4.78 is 10.7. The summed E-state index contributed by atoms with van der Waals surface area (Å²) in [6.45, 7) is 5.17. The first kappa shape index (κ1) is 10.2. The van der Waals surface area contributed by atoms with Crippen LogP contribution in [-0.2, 0) is 16.1 Å². The summed E-state index contributed by atoms with van der Waals surface area (Å²) >= 11 is 0. The van der Waals surface area contributed by atoms with Gasteiger partial charge in [-0.25, -0.2) is 0 Å². The van der Waals surface area contributed by atoms with Crippen molar-refractivity contribution < 1.29 is 9.47 Å². The van der Waals surface area contributed by atoms with Crippen molar-refractivity contribution in [1.82, 2.24) is 0 Å². The smallest absolute Gasteiger partial charge is 0.155 e. The second-order valence-corrected chi connectivity index (χ2v) is 2.82. The molecule has 0 saturated heterocycles. The second kappa shape index (κ2) is 5.73. The topological polar surface area (TPSA) is 18.5 Å². The molecule has 2 heteroatoms. The van der Waals surface area contributed by atoms with Crippen LogP contribution >= 0.6 is 0 Å². The highest BCUT2D eigenvalue weighted by atomic mass is 16.7. The van der Waals surface area contributed by atoms with E-state index in [1.54, 1.807) is 0 Å². The molecule has 0 aromatic heterocycles. The van der Waals surface area contributed by atoms with Crippen molar-refractivity contribution in [3.8, 4) is 0 Å². The van der Waals surface area contributed by atoms with Crippen LogP contribution in [0.4, 0.5) is 0 Å². The van der Waals surface area contributed by atoms with Gasteiger partial charge in [-0.2, -0.15) is 0 Å². The van der Waals surface area contributed by atoms with Crippen molar-refractivity contribution in [3.05, 3.63) is 35.9 Å². The number of hydrogen-bond donors (Lipinski definition) is 0. The Balaban J connectivity index is 2.27. The predicted octanol–water partition coefficient (Wildman–Crippen LogP) is 2.59. The zero-order valence-corrected chi connectivity index (χ0v) is 8.19. The molecule has 0 heterocycles. The van der Waals surface area contributed by atoms with Crippen LogP contribution in [0, 0.1) is 0 Å². The van der Waals surface area contributed by atoms with Gasteiger partial charge in [-0.1, -0.05) is 30.3 Å². The van der Waals surface area contributed by atoms with Crippen LogP contribution in [0.1, 0.15) is 19.4 Å². The lowest BCUT2D eigenvalue weighted by Gasteiger charge is -2.12. The van der Waals surface area contributed by atoms with E-state index in [9.17, 15) is 0 Å². The van der Waals surface area contributed by atoms with E-state index in [4.69, 9.17) is 9.47 Å². The molecule has 1 atom stereocenters. The number of ether oxygens (including phenoxy) is 2. The van der Waals surface area contributed by atoms with Crippen LogP contribution in [0.3, 0.4) is 0 Å². The van der Waals surface area contributed by atoms with E-state index in [0.717, 1.165) is 0 Å². The first-order valence-electron chi connectivity index (χ1n) is 4.60. The predicted molar refractivity (Wildman–Crippen MR) is 52.3 cm³/mol. The van der Waals surface area contributed by atoms with Gasteiger partial charge in [-0.05, 0) is 19.4 Å². The Bertz CT molecular complexity index is 221. The zero-order valence-electron chi connectivity index (χ0n) is 8.19. The van der Waals surface area contributed by atoms with E-state index in [-0.39, 0.29) is 6.29 Å². The SMILES string of the molecule is CCO[C@H](C)OCc1ccccc1. The monoisotopic (exact) mass is 180 g/mol. The number of benzene rings is 1. The molecule has 0 aliphatic carbocycles. The molecule has 2 nitrogen and oxygen atoms in total. The summed E-state index contributed by atoms with van der Waals surface area (Å²) in [5, 5.41) is 0. The van der Waals surface area contributed by atoms with Gasteiger partial charge in [0.05, 0.1) is 6.61 Å². The normalized spacial score (nSPS) is 12.8. The number of rotatable bonds is 5. The maximum absolute atomic E-state index is 5.45. The third-order valence-corrected chi connectivity index (χ3v) is 1.73. The third kappa shape index (κ3) is 4.06. The average Bonchev–Trinajstić information content (AvgIpc) is 2.17. The van der Waals surface area contributed by atoms with Gasteiger partial charge in [-0.3, -0.25) is 0 Å². The minimum Gasteiger partial charge on any atom is -0.353 e.